The van der Waals surface area contributed by atoms with E-state index in [4.69, 9.17) is 4.74 Å². The first-order valence-corrected chi connectivity index (χ1v) is 8.88. The van der Waals surface area contributed by atoms with Crippen molar-refractivity contribution >= 4 is 33.7 Å². The Labute approximate surface area is 118 Å². The van der Waals surface area contributed by atoms with Gasteiger partial charge in [-0.1, -0.05) is 55.0 Å². The molecule has 102 valence electrons. The topological polar surface area (TPSA) is 26.3 Å². The number of carbonyl (C=O) groups excluding carboxylic acids is 1. The van der Waals surface area contributed by atoms with E-state index in [0.29, 0.717) is 13.0 Å². The van der Waals surface area contributed by atoms with E-state index < -0.39 is 0 Å². The lowest BCUT2D eigenvalue weighted by molar-refractivity contribution is -0.143. The van der Waals surface area contributed by atoms with Crippen LogP contribution in [0.15, 0.2) is 0 Å². The van der Waals surface area contributed by atoms with Crippen LogP contribution >= 0.6 is 27.7 Å². The molecule has 0 aliphatic carbocycles. The Morgan fingerprint density at radius 1 is 1.12 bits per heavy atom. The van der Waals surface area contributed by atoms with Crippen LogP contribution in [0.5, 0.6) is 0 Å². The number of ether oxygens (including phenoxy) is 1. The Kier molecular flexibility index (Phi) is 14.6. The maximum absolute atomic E-state index is 11.3. The smallest absolute Gasteiger partial charge is 0.306 e. The minimum atomic E-state index is -0.0411. The summed E-state index contributed by atoms with van der Waals surface area (Å²) < 4.78 is 5.16. The van der Waals surface area contributed by atoms with E-state index in [-0.39, 0.29) is 5.97 Å². The molecule has 0 saturated heterocycles. The molecule has 0 heterocycles. The molecule has 0 aromatic rings. The second kappa shape index (κ2) is 14.4. The van der Waals surface area contributed by atoms with E-state index in [1.807, 2.05) is 0 Å². The summed E-state index contributed by atoms with van der Waals surface area (Å²) in [7, 11) is 0. The van der Waals surface area contributed by atoms with Crippen molar-refractivity contribution in [3.8, 4) is 0 Å². The van der Waals surface area contributed by atoms with E-state index >= 15 is 0 Å². The molecule has 4 heteroatoms. The molecular weight excluding hydrogens is 300 g/mol. The predicted octanol–water partition coefficient (Wildman–Crippen LogP) is 4.41. The summed E-state index contributed by atoms with van der Waals surface area (Å²) in [6.45, 7) is 2.82. The van der Waals surface area contributed by atoms with Gasteiger partial charge in [0.25, 0.3) is 0 Å². The normalized spacial score (nSPS) is 10.5. The van der Waals surface area contributed by atoms with Crippen LogP contribution in [-0.2, 0) is 9.53 Å². The average Bonchev–Trinajstić information content (AvgIpc) is 2.33. The van der Waals surface area contributed by atoms with Crippen LogP contribution in [0.2, 0.25) is 0 Å². The van der Waals surface area contributed by atoms with Crippen molar-refractivity contribution in [3.63, 3.8) is 0 Å². The molecule has 0 saturated carbocycles. The summed E-state index contributed by atoms with van der Waals surface area (Å²) in [5.41, 5.74) is 0. The Morgan fingerprint density at radius 3 is 2.53 bits per heavy atom. The number of hydrogen-bond acceptors (Lipinski definition) is 3. The molecule has 0 amide bonds. The molecule has 0 aromatic heterocycles. The van der Waals surface area contributed by atoms with Crippen molar-refractivity contribution in [2.45, 2.75) is 51.9 Å². The Hall–Kier alpha value is 0.300. The molecule has 2 nitrogen and oxygen atoms in total. The second-order valence-electron chi connectivity index (χ2n) is 4.04. The average molecular weight is 325 g/mol. The zero-order valence-corrected chi connectivity index (χ0v) is 13.3. The molecule has 0 radical (unpaired) electrons. The van der Waals surface area contributed by atoms with Crippen LogP contribution in [0.4, 0.5) is 0 Å². The maximum atomic E-state index is 11.3. The minimum absolute atomic E-state index is 0.0411. The van der Waals surface area contributed by atoms with Gasteiger partial charge in [0.15, 0.2) is 0 Å². The number of unbranched alkanes of at least 4 members (excludes halogenated alkanes) is 5. The van der Waals surface area contributed by atoms with Gasteiger partial charge in [0.2, 0.25) is 0 Å². The lowest BCUT2D eigenvalue weighted by Gasteiger charge is -2.04. The fourth-order valence-electron chi connectivity index (χ4n) is 1.45. The highest BCUT2D eigenvalue weighted by atomic mass is 79.9. The zero-order valence-electron chi connectivity index (χ0n) is 10.9. The number of hydrogen-bond donors (Lipinski definition) is 0. The van der Waals surface area contributed by atoms with E-state index in [0.717, 1.165) is 23.3 Å². The molecule has 0 unspecified atom stereocenters. The third-order valence-electron chi connectivity index (χ3n) is 2.43. The molecule has 0 bridgehead atoms. The molecule has 0 rings (SSSR count). The molecule has 0 atom stereocenters. The van der Waals surface area contributed by atoms with Crippen LogP contribution < -0.4 is 0 Å². The van der Waals surface area contributed by atoms with E-state index in [2.05, 4.69) is 22.9 Å². The number of alkyl halides is 1. The fourth-order valence-corrected chi connectivity index (χ4v) is 2.76. The van der Waals surface area contributed by atoms with Gasteiger partial charge in [0.05, 0.1) is 13.0 Å². The van der Waals surface area contributed by atoms with Gasteiger partial charge in [-0.05, 0) is 6.42 Å². The first-order valence-electron chi connectivity index (χ1n) is 6.60. The minimum Gasteiger partial charge on any atom is -0.466 e. The van der Waals surface area contributed by atoms with Crippen LogP contribution in [0, 0.1) is 0 Å². The third kappa shape index (κ3) is 14.2. The maximum Gasteiger partial charge on any atom is 0.306 e. The summed E-state index contributed by atoms with van der Waals surface area (Å²) in [5.74, 6) is 1.90. The third-order valence-corrected chi connectivity index (χ3v) is 4.34. The predicted molar refractivity (Wildman–Crippen MR) is 80.1 cm³/mol. The summed E-state index contributed by atoms with van der Waals surface area (Å²) in [4.78, 5) is 11.3. The molecule has 0 aliphatic heterocycles. The number of thioether (sulfide) groups is 1. The van der Waals surface area contributed by atoms with Crippen molar-refractivity contribution in [1.29, 1.82) is 0 Å². The highest BCUT2D eigenvalue weighted by Gasteiger charge is 2.02. The quantitative estimate of drug-likeness (QED) is 0.302. The zero-order chi connectivity index (χ0) is 12.8. The van der Waals surface area contributed by atoms with Crippen molar-refractivity contribution in [1.82, 2.24) is 0 Å². The van der Waals surface area contributed by atoms with Crippen molar-refractivity contribution < 1.29 is 9.53 Å². The molecule has 0 fully saturated rings. The van der Waals surface area contributed by atoms with Gasteiger partial charge in [0.1, 0.15) is 0 Å². The van der Waals surface area contributed by atoms with Crippen LogP contribution in [-0.4, -0.2) is 29.4 Å². The van der Waals surface area contributed by atoms with Gasteiger partial charge in [-0.2, -0.15) is 11.8 Å². The number of carbonyl (C=O) groups is 1. The molecule has 17 heavy (non-hydrogen) atoms. The molecule has 0 aromatic carbocycles. The molecule has 0 N–H and O–H groups in total. The first-order chi connectivity index (χ1) is 8.31. The van der Waals surface area contributed by atoms with Gasteiger partial charge in [-0.15, -0.1) is 0 Å². The molecular formula is C13H25BrO2S. The first kappa shape index (κ1) is 17.3. The van der Waals surface area contributed by atoms with Gasteiger partial charge in [0, 0.05) is 16.8 Å². The van der Waals surface area contributed by atoms with E-state index in [1.54, 1.807) is 11.8 Å². The fraction of sp³-hybridized carbons (Fsp3) is 0.923. The van der Waals surface area contributed by atoms with Crippen molar-refractivity contribution in [3.05, 3.63) is 0 Å². The van der Waals surface area contributed by atoms with E-state index in [1.165, 1.54) is 32.1 Å². The summed E-state index contributed by atoms with van der Waals surface area (Å²) in [6.07, 6.45) is 7.94. The van der Waals surface area contributed by atoms with Crippen molar-refractivity contribution in [2.75, 3.05) is 23.4 Å². The lowest BCUT2D eigenvalue weighted by Crippen LogP contribution is -2.07. The summed E-state index contributed by atoms with van der Waals surface area (Å²) >= 11 is 5.14. The SMILES string of the molecule is CCCCCCCCOC(=O)CCSCCBr. The number of halogens is 1. The van der Waals surface area contributed by atoms with Crippen LogP contribution in [0.25, 0.3) is 0 Å². The Bertz CT molecular complexity index is 177. The highest BCUT2D eigenvalue weighted by molar-refractivity contribution is 9.09. The summed E-state index contributed by atoms with van der Waals surface area (Å²) in [6, 6.07) is 0. The molecule has 0 aliphatic rings. The standard InChI is InChI=1S/C13H25BrO2S/c1-2-3-4-5-6-7-10-16-13(15)8-11-17-12-9-14/h2-12H2,1H3. The largest absolute Gasteiger partial charge is 0.466 e. The second-order valence-corrected chi connectivity index (χ2v) is 6.06. The Morgan fingerprint density at radius 2 is 1.82 bits per heavy atom. The van der Waals surface area contributed by atoms with Gasteiger partial charge in [-0.3, -0.25) is 4.79 Å². The monoisotopic (exact) mass is 324 g/mol. The van der Waals surface area contributed by atoms with Gasteiger partial charge in [-0.25, -0.2) is 0 Å². The summed E-state index contributed by atoms with van der Waals surface area (Å²) in [5, 5.41) is 0.991. The van der Waals surface area contributed by atoms with Crippen LogP contribution in [0.1, 0.15) is 51.9 Å². The molecule has 0 spiro atoms. The van der Waals surface area contributed by atoms with Crippen LogP contribution in [0.3, 0.4) is 0 Å². The number of esters is 1. The lowest BCUT2D eigenvalue weighted by atomic mass is 10.1. The number of rotatable bonds is 12. The van der Waals surface area contributed by atoms with E-state index in [9.17, 15) is 4.79 Å². The Balaban J connectivity index is 3.11. The highest BCUT2D eigenvalue weighted by Crippen LogP contribution is 2.07. The van der Waals surface area contributed by atoms with Gasteiger partial charge >= 0.3 is 5.97 Å². The van der Waals surface area contributed by atoms with Gasteiger partial charge < -0.3 is 4.74 Å². The van der Waals surface area contributed by atoms with Crippen molar-refractivity contribution in [2.24, 2.45) is 0 Å².